The number of nitrogens with two attached hydrogens (primary N) is 1. The number of aromatic nitrogens is 2. The van der Waals surface area contributed by atoms with Crippen molar-refractivity contribution >= 4 is 23.7 Å². The maximum atomic E-state index is 13.2. The highest BCUT2D eigenvalue weighted by Crippen LogP contribution is 2.13. The summed E-state index contributed by atoms with van der Waals surface area (Å²) in [5.41, 5.74) is 7.69. The maximum Gasteiger partial charge on any atom is 0.326 e. The number of carbonyl (C=O) groups excluding carboxylic acids is 3. The smallest absolute Gasteiger partial charge is 0.326 e. The van der Waals surface area contributed by atoms with E-state index in [0.717, 1.165) is 0 Å². The molecule has 0 aliphatic carbocycles. The van der Waals surface area contributed by atoms with Crippen LogP contribution in [0, 0.1) is 0 Å². The summed E-state index contributed by atoms with van der Waals surface area (Å²) in [6, 6.07) is 6.41. The number of aliphatic hydroxyl groups excluding tert-OH is 1. The molecule has 14 heteroatoms. The number of aromatic amines is 1. The normalized spacial score (nSPS) is 13.8. The van der Waals surface area contributed by atoms with Crippen molar-refractivity contribution in [1.29, 1.82) is 0 Å². The predicted molar refractivity (Wildman–Crippen MR) is 144 cm³/mol. The van der Waals surface area contributed by atoms with Gasteiger partial charge in [-0.15, -0.1) is 0 Å². The van der Waals surface area contributed by atoms with Crippen LogP contribution in [-0.2, 0) is 38.4 Å². The zero-order valence-corrected chi connectivity index (χ0v) is 21.9. The van der Waals surface area contributed by atoms with Gasteiger partial charge in [-0.2, -0.15) is 0 Å². The molecule has 10 N–H and O–H groups in total. The van der Waals surface area contributed by atoms with E-state index in [1.807, 2.05) is 0 Å². The molecule has 0 saturated heterocycles. The highest BCUT2D eigenvalue weighted by Gasteiger charge is 2.30. The van der Waals surface area contributed by atoms with Crippen LogP contribution in [0.4, 0.5) is 0 Å². The minimum Gasteiger partial charge on any atom is -0.508 e. The van der Waals surface area contributed by atoms with Crippen LogP contribution in [0.15, 0.2) is 61.1 Å². The lowest BCUT2D eigenvalue weighted by Gasteiger charge is -2.24. The number of carboxylic acid groups (broad SMARTS) is 1. The Balaban J connectivity index is 1.70. The van der Waals surface area contributed by atoms with E-state index in [4.69, 9.17) is 5.73 Å². The lowest BCUT2D eigenvalue weighted by atomic mass is 10.0. The van der Waals surface area contributed by atoms with Gasteiger partial charge in [0.15, 0.2) is 0 Å². The molecular formula is C27H32N6O8. The third-order valence-corrected chi connectivity index (χ3v) is 6.15. The number of phenolic OH excluding ortho intramolecular Hbond substituents is 2. The molecule has 0 spiro atoms. The van der Waals surface area contributed by atoms with E-state index in [0.29, 0.717) is 16.8 Å². The summed E-state index contributed by atoms with van der Waals surface area (Å²) in [5, 5.41) is 45.6. The Morgan fingerprint density at radius 3 is 1.73 bits per heavy atom. The van der Waals surface area contributed by atoms with Gasteiger partial charge in [0, 0.05) is 31.2 Å². The quantitative estimate of drug-likeness (QED) is 0.111. The first kappa shape index (κ1) is 30.6. The standard InChI is InChI=1S/C27H32N6O8/c28-20(11-17-12-29-14-30-17)24(37)31-21(9-15-1-5-18(35)6-2-15)25(38)33-23(13-34)26(39)32-22(27(40)41)10-16-3-7-19(36)8-4-16/h1-8,12,14,20-23,34-36H,9-11,13,28H2,(H,29,30)(H,31,37)(H,32,39)(H,33,38)(H,40,41). The molecule has 0 radical (unpaired) electrons. The summed E-state index contributed by atoms with van der Waals surface area (Å²) >= 11 is 0. The van der Waals surface area contributed by atoms with Crippen LogP contribution < -0.4 is 21.7 Å². The van der Waals surface area contributed by atoms with Gasteiger partial charge in [0.05, 0.1) is 19.0 Å². The van der Waals surface area contributed by atoms with Gasteiger partial charge in [0.1, 0.15) is 29.6 Å². The second-order valence-corrected chi connectivity index (χ2v) is 9.33. The first-order chi connectivity index (χ1) is 19.5. The van der Waals surface area contributed by atoms with Crippen molar-refractivity contribution in [3.8, 4) is 11.5 Å². The molecule has 3 amide bonds. The van der Waals surface area contributed by atoms with Crippen LogP contribution >= 0.6 is 0 Å². The lowest BCUT2D eigenvalue weighted by molar-refractivity contribution is -0.142. The summed E-state index contributed by atoms with van der Waals surface area (Å²) in [4.78, 5) is 57.4. The third kappa shape index (κ3) is 9.33. The number of aliphatic carboxylic acids is 1. The molecule has 0 aliphatic rings. The number of H-pyrrole nitrogens is 1. The fourth-order valence-electron chi connectivity index (χ4n) is 3.89. The molecule has 41 heavy (non-hydrogen) atoms. The van der Waals surface area contributed by atoms with Crippen molar-refractivity contribution in [2.75, 3.05) is 6.61 Å². The molecule has 4 atom stereocenters. The third-order valence-electron chi connectivity index (χ3n) is 6.15. The number of amides is 3. The van der Waals surface area contributed by atoms with Crippen LogP contribution in [0.25, 0.3) is 0 Å². The molecule has 0 bridgehead atoms. The van der Waals surface area contributed by atoms with E-state index in [-0.39, 0.29) is 30.8 Å². The summed E-state index contributed by atoms with van der Waals surface area (Å²) < 4.78 is 0. The monoisotopic (exact) mass is 568 g/mol. The Morgan fingerprint density at radius 2 is 1.24 bits per heavy atom. The lowest BCUT2D eigenvalue weighted by Crippen LogP contribution is -2.58. The van der Waals surface area contributed by atoms with Crippen LogP contribution in [-0.4, -0.2) is 84.9 Å². The minimum absolute atomic E-state index is 0.00216. The molecule has 1 aromatic heterocycles. The van der Waals surface area contributed by atoms with Crippen LogP contribution in [0.5, 0.6) is 11.5 Å². The highest BCUT2D eigenvalue weighted by atomic mass is 16.4. The second-order valence-electron chi connectivity index (χ2n) is 9.33. The van der Waals surface area contributed by atoms with E-state index in [2.05, 4.69) is 25.9 Å². The van der Waals surface area contributed by atoms with Crippen LogP contribution in [0.2, 0.25) is 0 Å². The summed E-state index contributed by atoms with van der Waals surface area (Å²) in [7, 11) is 0. The zero-order valence-electron chi connectivity index (χ0n) is 21.9. The molecule has 1 heterocycles. The minimum atomic E-state index is -1.54. The number of hydrogen-bond donors (Lipinski definition) is 9. The number of nitrogens with zero attached hydrogens (tertiary/aromatic N) is 1. The number of aliphatic hydroxyl groups is 1. The van der Waals surface area contributed by atoms with Crippen molar-refractivity contribution in [1.82, 2.24) is 25.9 Å². The number of nitrogens with one attached hydrogen (secondary N) is 4. The Labute approximate surface area is 234 Å². The van der Waals surface area contributed by atoms with E-state index in [1.54, 1.807) is 12.1 Å². The molecule has 3 aromatic rings. The van der Waals surface area contributed by atoms with Crippen molar-refractivity contribution < 1.29 is 39.6 Å². The molecule has 218 valence electrons. The zero-order chi connectivity index (χ0) is 29.9. The van der Waals surface area contributed by atoms with E-state index < -0.39 is 54.5 Å². The molecular weight excluding hydrogens is 536 g/mol. The van der Waals surface area contributed by atoms with Gasteiger partial charge in [-0.1, -0.05) is 24.3 Å². The largest absolute Gasteiger partial charge is 0.508 e. The van der Waals surface area contributed by atoms with Crippen molar-refractivity contribution in [3.63, 3.8) is 0 Å². The number of carbonyl (C=O) groups is 4. The highest BCUT2D eigenvalue weighted by molar-refractivity contribution is 5.94. The summed E-state index contributed by atoms with van der Waals surface area (Å²) in [6.07, 6.45) is 2.87. The van der Waals surface area contributed by atoms with Gasteiger partial charge in [-0.3, -0.25) is 14.4 Å². The fraction of sp³-hybridized carbons (Fsp3) is 0.296. The number of rotatable bonds is 14. The van der Waals surface area contributed by atoms with E-state index in [9.17, 15) is 39.6 Å². The summed E-state index contributed by atoms with van der Waals surface area (Å²) in [6.45, 7) is -0.859. The molecule has 14 nitrogen and oxygen atoms in total. The predicted octanol–water partition coefficient (Wildman–Crippen LogP) is -1.29. The number of imidazole rings is 1. The van der Waals surface area contributed by atoms with Gasteiger partial charge >= 0.3 is 5.97 Å². The van der Waals surface area contributed by atoms with E-state index >= 15 is 0 Å². The number of phenols is 2. The fourth-order valence-corrected chi connectivity index (χ4v) is 3.89. The molecule has 0 aliphatic heterocycles. The molecule has 2 aromatic carbocycles. The number of aromatic hydroxyl groups is 2. The second kappa shape index (κ2) is 14.4. The first-order valence-corrected chi connectivity index (χ1v) is 12.6. The maximum absolute atomic E-state index is 13.2. The van der Waals surface area contributed by atoms with Gasteiger partial charge in [-0.25, -0.2) is 9.78 Å². The molecule has 0 saturated carbocycles. The van der Waals surface area contributed by atoms with Crippen molar-refractivity contribution in [2.24, 2.45) is 5.73 Å². The van der Waals surface area contributed by atoms with Gasteiger partial charge < -0.3 is 47.1 Å². The Bertz CT molecular complexity index is 1310. The molecule has 3 rings (SSSR count). The Kier molecular flexibility index (Phi) is 10.8. The summed E-state index contributed by atoms with van der Waals surface area (Å²) in [5.74, 6) is -3.82. The Hall–Kier alpha value is -4.95. The number of benzene rings is 2. The van der Waals surface area contributed by atoms with Gasteiger partial charge in [0.2, 0.25) is 17.7 Å². The number of carboxylic acids is 1. The van der Waals surface area contributed by atoms with Crippen molar-refractivity contribution in [2.45, 2.75) is 43.4 Å². The van der Waals surface area contributed by atoms with Crippen molar-refractivity contribution in [3.05, 3.63) is 77.9 Å². The van der Waals surface area contributed by atoms with Gasteiger partial charge in [-0.05, 0) is 35.4 Å². The first-order valence-electron chi connectivity index (χ1n) is 12.6. The van der Waals surface area contributed by atoms with Crippen LogP contribution in [0.1, 0.15) is 16.8 Å². The van der Waals surface area contributed by atoms with Gasteiger partial charge in [0.25, 0.3) is 0 Å². The Morgan fingerprint density at radius 1 is 0.756 bits per heavy atom. The average Bonchev–Trinajstić information content (AvgIpc) is 3.46. The van der Waals surface area contributed by atoms with Crippen LogP contribution in [0.3, 0.4) is 0 Å². The van der Waals surface area contributed by atoms with E-state index in [1.165, 1.54) is 48.9 Å². The molecule has 0 fully saturated rings. The molecule has 4 unspecified atom stereocenters. The SMILES string of the molecule is NC(Cc1cnc[nH]1)C(=O)NC(Cc1ccc(O)cc1)C(=O)NC(CO)C(=O)NC(Cc1ccc(O)cc1)C(=O)O. The topological polar surface area (TPSA) is 240 Å². The average molecular weight is 569 g/mol. The number of hydrogen-bond acceptors (Lipinski definition) is 9.